The molecule has 3 unspecified atom stereocenters. The molecule has 0 radical (unpaired) electrons. The van der Waals surface area contributed by atoms with Crippen LogP contribution in [0.3, 0.4) is 0 Å². The maximum Gasteiger partial charge on any atom is 0.408 e. The number of carboxylic acids is 1. The molecule has 2 aromatic carbocycles. The molecule has 2 amide bonds. The number of ether oxygens (including phenoxy) is 6. The summed E-state index contributed by atoms with van der Waals surface area (Å²) in [6.45, 7) is 11.3. The summed E-state index contributed by atoms with van der Waals surface area (Å²) in [5.74, 6) is -10.8. The van der Waals surface area contributed by atoms with Crippen LogP contribution < -0.4 is 10.6 Å². The van der Waals surface area contributed by atoms with Gasteiger partial charge in [-0.05, 0) is 51.8 Å². The number of ketones is 2. The van der Waals surface area contributed by atoms with E-state index in [9.17, 15) is 39.0 Å². The van der Waals surface area contributed by atoms with Crippen molar-refractivity contribution in [1.82, 2.24) is 10.6 Å². The summed E-state index contributed by atoms with van der Waals surface area (Å²) < 4.78 is 35.8. The Kier molecular flexibility index (Phi) is 14.3. The normalized spacial score (nSPS) is 31.6. The van der Waals surface area contributed by atoms with Crippen molar-refractivity contribution >= 4 is 47.6 Å². The lowest BCUT2D eigenvalue weighted by atomic mass is 9.42. The van der Waals surface area contributed by atoms with Crippen molar-refractivity contribution in [3.8, 4) is 0 Å². The highest BCUT2D eigenvalue weighted by Crippen LogP contribution is 2.65. The maximum atomic E-state index is 15.5. The van der Waals surface area contributed by atoms with E-state index in [-0.39, 0.29) is 31.4 Å². The summed E-state index contributed by atoms with van der Waals surface area (Å²) in [6.07, 6.45) is -11.4. The van der Waals surface area contributed by atoms with E-state index in [2.05, 4.69) is 10.6 Å². The van der Waals surface area contributed by atoms with Gasteiger partial charge >= 0.3 is 36.1 Å². The lowest BCUT2D eigenvalue weighted by Crippen LogP contribution is -2.83. The number of amides is 2. The van der Waals surface area contributed by atoms with Crippen molar-refractivity contribution in [3.63, 3.8) is 0 Å². The summed E-state index contributed by atoms with van der Waals surface area (Å²) in [7, 11) is 0. The number of aliphatic hydroxyl groups is 2. The predicted octanol–water partition coefficient (Wildman–Crippen LogP) is 4.00. The number of hydrogen-bond acceptors (Lipinski definition) is 16. The van der Waals surface area contributed by atoms with Crippen molar-refractivity contribution in [2.75, 3.05) is 13.2 Å². The Balaban J connectivity index is 1.48. The molecule has 1 saturated heterocycles. The fourth-order valence-corrected chi connectivity index (χ4v) is 10.6. The monoisotopic (exact) mass is 936 g/mol. The molecule has 4 fully saturated rings. The van der Waals surface area contributed by atoms with E-state index in [1.54, 1.807) is 69.3 Å². The van der Waals surface area contributed by atoms with E-state index in [1.165, 1.54) is 39.8 Å². The number of benzene rings is 2. The fraction of sp³-hybridized carbons (Fsp3) is 0.583. The predicted molar refractivity (Wildman–Crippen MR) is 232 cm³/mol. The minimum Gasteiger partial charge on any atom is -0.481 e. The Labute approximate surface area is 387 Å². The minimum absolute atomic E-state index is 0.0126. The first-order valence-corrected chi connectivity index (χ1v) is 22.3. The van der Waals surface area contributed by atoms with Crippen LogP contribution in [0.25, 0.3) is 0 Å². The second kappa shape index (κ2) is 19.0. The Morgan fingerprint density at radius 3 is 2.10 bits per heavy atom. The highest BCUT2D eigenvalue weighted by molar-refractivity contribution is 6.40. The average molecular weight is 937 g/mol. The third-order valence-electron chi connectivity index (χ3n) is 13.9. The van der Waals surface area contributed by atoms with Crippen LogP contribution >= 0.6 is 0 Å². The van der Waals surface area contributed by atoms with Gasteiger partial charge < -0.3 is 54.4 Å². The average Bonchev–Trinajstić information content (AvgIpc) is 3.24. The van der Waals surface area contributed by atoms with E-state index >= 15 is 9.59 Å². The van der Waals surface area contributed by atoms with Gasteiger partial charge in [-0.15, -0.1) is 0 Å². The third-order valence-corrected chi connectivity index (χ3v) is 13.9. The molecule has 5 N–H and O–H groups in total. The molecule has 0 aromatic heterocycles. The van der Waals surface area contributed by atoms with Gasteiger partial charge in [-0.1, -0.05) is 69.3 Å². The maximum absolute atomic E-state index is 15.5. The first-order valence-electron chi connectivity index (χ1n) is 22.3. The Bertz CT molecular complexity index is 2250. The van der Waals surface area contributed by atoms with Crippen LogP contribution in [-0.2, 0) is 52.4 Å². The summed E-state index contributed by atoms with van der Waals surface area (Å²) in [5, 5.41) is 39.5. The molecule has 2 aromatic rings. The molecular weight excluding hydrogens is 877 g/mol. The van der Waals surface area contributed by atoms with Crippen LogP contribution in [0.15, 0.2) is 60.7 Å². The molecular formula is C48H60N2O17. The van der Waals surface area contributed by atoms with Gasteiger partial charge in [-0.3, -0.25) is 19.2 Å². The number of carbonyl (C=O) groups excluding carboxylic acids is 7. The Morgan fingerprint density at radius 1 is 0.910 bits per heavy atom. The van der Waals surface area contributed by atoms with Gasteiger partial charge in [0.15, 0.2) is 11.7 Å². The second-order valence-corrected chi connectivity index (χ2v) is 19.7. The number of rotatable bonds is 13. The summed E-state index contributed by atoms with van der Waals surface area (Å²) in [5.41, 5.74) is -8.97. The summed E-state index contributed by atoms with van der Waals surface area (Å²) in [6, 6.07) is 14.3. The zero-order valence-electron chi connectivity index (χ0n) is 38.8. The second-order valence-electron chi connectivity index (χ2n) is 19.7. The highest BCUT2D eigenvalue weighted by atomic mass is 16.6. The lowest BCUT2D eigenvalue weighted by molar-refractivity contribution is -0.349. The Morgan fingerprint density at radius 2 is 1.54 bits per heavy atom. The number of aliphatic carboxylic acids is 1. The van der Waals surface area contributed by atoms with Crippen LogP contribution in [0, 0.1) is 28.6 Å². The van der Waals surface area contributed by atoms with Gasteiger partial charge in [0.1, 0.15) is 35.6 Å². The molecule has 3 saturated carbocycles. The van der Waals surface area contributed by atoms with Crippen molar-refractivity contribution in [3.05, 3.63) is 71.8 Å². The van der Waals surface area contributed by atoms with Gasteiger partial charge in [-0.2, -0.15) is 0 Å². The van der Waals surface area contributed by atoms with Crippen molar-refractivity contribution in [1.29, 1.82) is 0 Å². The molecule has 1 heterocycles. The number of carboxylic acid groups (broad SMARTS) is 1. The minimum atomic E-state index is -2.48. The number of nitrogens with one attached hydrogen (secondary N) is 2. The summed E-state index contributed by atoms with van der Waals surface area (Å²) in [4.78, 5) is 110. The number of hydrogen-bond donors (Lipinski definition) is 5. The first-order chi connectivity index (χ1) is 31.3. The quantitative estimate of drug-likeness (QED) is 0.0821. The topological polar surface area (TPSA) is 277 Å². The van der Waals surface area contributed by atoms with E-state index in [0.29, 0.717) is 5.56 Å². The van der Waals surface area contributed by atoms with Gasteiger partial charge in [0.25, 0.3) is 0 Å². The number of fused-ring (bicyclic) bond motifs is 5. The molecule has 0 spiro atoms. The van der Waals surface area contributed by atoms with Crippen molar-refractivity contribution < 1.29 is 82.1 Å². The van der Waals surface area contributed by atoms with Gasteiger partial charge in [-0.25, -0.2) is 19.2 Å². The number of esters is 3. The van der Waals surface area contributed by atoms with Gasteiger partial charge in [0.2, 0.25) is 11.6 Å². The van der Waals surface area contributed by atoms with E-state index < -0.39 is 143 Å². The smallest absolute Gasteiger partial charge is 0.408 e. The first kappa shape index (κ1) is 50.5. The van der Waals surface area contributed by atoms with Crippen LogP contribution in [-0.4, -0.2) is 123 Å². The molecule has 1 aliphatic heterocycles. The molecule has 4 aliphatic rings. The summed E-state index contributed by atoms with van der Waals surface area (Å²) >= 11 is 0. The standard InChI is InChI=1S/C48H60N2O17/c1-25-29(63-41(58)36(55)34(27-16-11-9-12-17-27)50-43(60)67-44(3,4)5)23-48(61)39(65-40(57)28-18-13-10-14-19-28)37-46(8,38(56)35(54)33(25)45(48,6)7)30(64-42(59)49-21-15-20-32(52)53)22-31-47(37,24-62-31)66-26(2)51/h9-14,16-19,25,29-31,33-34,36-37,39,55,61H,15,20-24H2,1-8H3,(H,49,59)(H,50,60)(H,52,53)/t25?,29-,30?,31+,33?,34-,36+,37-,39-,46+,47-,48+/m0/s1. The van der Waals surface area contributed by atoms with Crippen LogP contribution in [0.1, 0.15) is 103 Å². The molecule has 67 heavy (non-hydrogen) atoms. The van der Waals surface area contributed by atoms with E-state index in [0.717, 1.165) is 6.92 Å². The zero-order valence-corrected chi connectivity index (χ0v) is 38.8. The number of Topliss-reactive ketones (excluding diaryl/α,β-unsaturated/α-hetero) is 2. The van der Waals surface area contributed by atoms with E-state index in [1.807, 2.05) is 0 Å². The van der Waals surface area contributed by atoms with Crippen LogP contribution in [0.5, 0.6) is 0 Å². The highest BCUT2D eigenvalue weighted by Gasteiger charge is 2.80. The molecule has 2 bridgehead atoms. The number of alkyl carbamates (subject to hydrolysis) is 2. The lowest BCUT2D eigenvalue weighted by Gasteiger charge is -2.68. The van der Waals surface area contributed by atoms with Crippen LogP contribution in [0.4, 0.5) is 9.59 Å². The number of carbonyl (C=O) groups is 8. The van der Waals surface area contributed by atoms with Crippen molar-refractivity contribution in [2.45, 2.75) is 134 Å². The third kappa shape index (κ3) is 9.63. The largest absolute Gasteiger partial charge is 0.481 e. The molecule has 6 rings (SSSR count). The molecule has 364 valence electrons. The van der Waals surface area contributed by atoms with Crippen molar-refractivity contribution in [2.24, 2.45) is 28.6 Å². The number of aliphatic hydroxyl groups excluding tert-OH is 1. The van der Waals surface area contributed by atoms with Gasteiger partial charge in [0.05, 0.1) is 29.5 Å². The molecule has 3 aliphatic carbocycles. The zero-order chi connectivity index (χ0) is 49.4. The Hall–Kier alpha value is -5.92. The van der Waals surface area contributed by atoms with E-state index in [4.69, 9.17) is 33.5 Å². The molecule has 19 heteroatoms. The molecule has 12 atom stereocenters. The fourth-order valence-electron chi connectivity index (χ4n) is 10.6. The molecule has 19 nitrogen and oxygen atoms in total. The van der Waals surface area contributed by atoms with Crippen LogP contribution in [0.2, 0.25) is 0 Å². The van der Waals surface area contributed by atoms with Gasteiger partial charge in [0, 0.05) is 50.0 Å². The SMILES string of the molecule is CC(=O)O[C@@]12CO[C@@H]1CC(OC(=O)NCCCC(=O)O)[C@@]1(C)C(=O)C(=O)C3C(C)[C@@H](OC(=O)[C@H](O)[C@@H](NC(=O)OC(C)(C)C)c4ccccc4)C[C@@](O)([C@@H](OC(=O)c4ccccc4)[C@H]21)C3(C)C.